The van der Waals surface area contributed by atoms with Crippen LogP contribution in [0.4, 0.5) is 8.78 Å². The number of nitrogens with two attached hydrogens (primary N) is 1. The van der Waals surface area contributed by atoms with E-state index in [1.807, 2.05) is 0 Å². The Morgan fingerprint density at radius 2 is 2.00 bits per heavy atom. The molecule has 0 radical (unpaired) electrons. The van der Waals surface area contributed by atoms with Crippen LogP contribution in [0, 0.1) is 17.6 Å². The van der Waals surface area contributed by atoms with Gasteiger partial charge in [0.25, 0.3) is 0 Å². The van der Waals surface area contributed by atoms with Gasteiger partial charge in [0, 0.05) is 24.7 Å². The number of benzene rings is 1. The van der Waals surface area contributed by atoms with Crippen LogP contribution < -0.4 is 5.73 Å². The molecule has 1 aromatic carbocycles. The van der Waals surface area contributed by atoms with Crippen molar-refractivity contribution in [3.63, 3.8) is 0 Å². The molecule has 0 heterocycles. The summed E-state index contributed by atoms with van der Waals surface area (Å²) < 4.78 is 27.3. The minimum Gasteiger partial charge on any atom is -0.329 e. The zero-order chi connectivity index (χ0) is 14.0. The van der Waals surface area contributed by atoms with Gasteiger partial charge in [0.15, 0.2) is 0 Å². The zero-order valence-electron chi connectivity index (χ0n) is 11.6. The SMILES string of the molecule is CC(C)N(CC1CC1)C(CN)c1cc(F)ccc1F. The van der Waals surface area contributed by atoms with Gasteiger partial charge in [-0.05, 0) is 50.8 Å². The highest BCUT2D eigenvalue weighted by atomic mass is 19.1. The summed E-state index contributed by atoms with van der Waals surface area (Å²) >= 11 is 0. The van der Waals surface area contributed by atoms with Crippen molar-refractivity contribution in [3.8, 4) is 0 Å². The summed E-state index contributed by atoms with van der Waals surface area (Å²) in [5, 5.41) is 0. The highest BCUT2D eigenvalue weighted by Gasteiger charge is 2.31. The molecular formula is C15H22F2N2. The van der Waals surface area contributed by atoms with Gasteiger partial charge in [-0.2, -0.15) is 0 Å². The molecular weight excluding hydrogens is 246 g/mol. The molecule has 1 saturated carbocycles. The Morgan fingerprint density at radius 3 is 2.53 bits per heavy atom. The van der Waals surface area contributed by atoms with Crippen molar-refractivity contribution in [2.75, 3.05) is 13.1 Å². The lowest BCUT2D eigenvalue weighted by Crippen LogP contribution is -2.40. The molecule has 2 rings (SSSR count). The summed E-state index contributed by atoms with van der Waals surface area (Å²) in [7, 11) is 0. The molecule has 1 aliphatic rings. The lowest BCUT2D eigenvalue weighted by Gasteiger charge is -2.35. The van der Waals surface area contributed by atoms with E-state index in [4.69, 9.17) is 5.73 Å². The second kappa shape index (κ2) is 5.97. The molecule has 1 atom stereocenters. The lowest BCUT2D eigenvalue weighted by atomic mass is 10.0. The summed E-state index contributed by atoms with van der Waals surface area (Å²) in [5.41, 5.74) is 6.20. The van der Waals surface area contributed by atoms with Crippen LogP contribution in [-0.2, 0) is 0 Å². The van der Waals surface area contributed by atoms with E-state index < -0.39 is 5.82 Å². The molecule has 19 heavy (non-hydrogen) atoms. The van der Waals surface area contributed by atoms with Gasteiger partial charge < -0.3 is 5.73 Å². The Morgan fingerprint density at radius 1 is 1.32 bits per heavy atom. The summed E-state index contributed by atoms with van der Waals surface area (Å²) in [6, 6.07) is 3.61. The van der Waals surface area contributed by atoms with Crippen LogP contribution >= 0.6 is 0 Å². The molecule has 0 amide bonds. The minimum absolute atomic E-state index is 0.253. The number of nitrogens with zero attached hydrogens (tertiary/aromatic N) is 1. The Kier molecular flexibility index (Phi) is 4.53. The normalized spacial score (nSPS) is 17.2. The molecule has 106 valence electrons. The third kappa shape index (κ3) is 3.51. The van der Waals surface area contributed by atoms with Crippen LogP contribution in [0.1, 0.15) is 38.3 Å². The fourth-order valence-electron chi connectivity index (χ4n) is 2.51. The maximum Gasteiger partial charge on any atom is 0.128 e. The van der Waals surface area contributed by atoms with E-state index in [9.17, 15) is 8.78 Å². The fraction of sp³-hybridized carbons (Fsp3) is 0.600. The number of rotatable bonds is 6. The van der Waals surface area contributed by atoms with Crippen LogP contribution in [-0.4, -0.2) is 24.0 Å². The second-order valence-electron chi connectivity index (χ2n) is 5.65. The molecule has 0 aromatic heterocycles. The third-order valence-corrected chi connectivity index (χ3v) is 3.77. The van der Waals surface area contributed by atoms with Gasteiger partial charge in [-0.25, -0.2) is 8.78 Å². The fourth-order valence-corrected chi connectivity index (χ4v) is 2.51. The molecule has 0 bridgehead atoms. The monoisotopic (exact) mass is 268 g/mol. The summed E-state index contributed by atoms with van der Waals surface area (Å²) in [4.78, 5) is 2.19. The number of hydrogen-bond donors (Lipinski definition) is 1. The first-order chi connectivity index (χ1) is 9.02. The minimum atomic E-state index is -0.412. The molecule has 1 aliphatic carbocycles. The first-order valence-corrected chi connectivity index (χ1v) is 6.93. The van der Waals surface area contributed by atoms with Crippen molar-refractivity contribution in [2.24, 2.45) is 11.7 Å². The molecule has 0 spiro atoms. The molecule has 0 saturated heterocycles. The predicted octanol–water partition coefficient (Wildman–Crippen LogP) is 3.09. The van der Waals surface area contributed by atoms with Crippen LogP contribution in [0.2, 0.25) is 0 Å². The summed E-state index contributed by atoms with van der Waals surface area (Å²) in [6.07, 6.45) is 2.46. The third-order valence-electron chi connectivity index (χ3n) is 3.77. The predicted molar refractivity (Wildman–Crippen MR) is 72.7 cm³/mol. The molecule has 1 aromatic rings. The smallest absolute Gasteiger partial charge is 0.128 e. The molecule has 1 unspecified atom stereocenters. The van der Waals surface area contributed by atoms with Gasteiger partial charge >= 0.3 is 0 Å². The zero-order valence-corrected chi connectivity index (χ0v) is 11.6. The highest BCUT2D eigenvalue weighted by Crippen LogP contribution is 2.34. The maximum atomic E-state index is 13.9. The molecule has 2 nitrogen and oxygen atoms in total. The molecule has 1 fully saturated rings. The second-order valence-corrected chi connectivity index (χ2v) is 5.65. The van der Waals surface area contributed by atoms with Crippen LogP contribution in [0.5, 0.6) is 0 Å². The van der Waals surface area contributed by atoms with Crippen molar-refractivity contribution < 1.29 is 8.78 Å². The average Bonchev–Trinajstić information content (AvgIpc) is 3.17. The van der Waals surface area contributed by atoms with Gasteiger partial charge in [0.2, 0.25) is 0 Å². The Labute approximate surface area is 113 Å². The van der Waals surface area contributed by atoms with Crippen LogP contribution in [0.3, 0.4) is 0 Å². The van der Waals surface area contributed by atoms with E-state index >= 15 is 0 Å². The standard InChI is InChI=1S/C15H22F2N2/c1-10(2)19(9-11-3-4-11)15(8-18)13-7-12(16)5-6-14(13)17/h5-7,10-11,15H,3-4,8-9,18H2,1-2H3. The summed E-state index contributed by atoms with van der Waals surface area (Å²) in [6.45, 7) is 5.35. The van der Waals surface area contributed by atoms with E-state index in [1.54, 1.807) is 0 Å². The van der Waals surface area contributed by atoms with E-state index in [0.717, 1.165) is 12.6 Å². The lowest BCUT2D eigenvalue weighted by molar-refractivity contribution is 0.146. The molecule has 0 aliphatic heterocycles. The summed E-state index contributed by atoms with van der Waals surface area (Å²) in [5.74, 6) is -0.101. The van der Waals surface area contributed by atoms with Crippen molar-refractivity contribution in [2.45, 2.75) is 38.8 Å². The van der Waals surface area contributed by atoms with Crippen molar-refractivity contribution in [3.05, 3.63) is 35.4 Å². The van der Waals surface area contributed by atoms with Crippen LogP contribution in [0.15, 0.2) is 18.2 Å². The average molecular weight is 268 g/mol. The van der Waals surface area contributed by atoms with Gasteiger partial charge in [-0.1, -0.05) is 0 Å². The van der Waals surface area contributed by atoms with Gasteiger partial charge in [0.1, 0.15) is 11.6 Å². The first kappa shape index (κ1) is 14.4. The number of hydrogen-bond acceptors (Lipinski definition) is 2. The van der Waals surface area contributed by atoms with E-state index in [2.05, 4.69) is 18.7 Å². The van der Waals surface area contributed by atoms with Crippen molar-refractivity contribution in [1.29, 1.82) is 0 Å². The largest absolute Gasteiger partial charge is 0.329 e. The van der Waals surface area contributed by atoms with Gasteiger partial charge in [0.05, 0.1) is 6.04 Å². The Bertz CT molecular complexity index is 430. The van der Waals surface area contributed by atoms with Gasteiger partial charge in [-0.3, -0.25) is 4.90 Å². The maximum absolute atomic E-state index is 13.9. The topological polar surface area (TPSA) is 29.3 Å². The van der Waals surface area contributed by atoms with E-state index in [-0.39, 0.29) is 17.9 Å². The highest BCUT2D eigenvalue weighted by molar-refractivity contribution is 5.23. The van der Waals surface area contributed by atoms with E-state index in [1.165, 1.54) is 25.0 Å². The van der Waals surface area contributed by atoms with Crippen LogP contribution in [0.25, 0.3) is 0 Å². The van der Waals surface area contributed by atoms with E-state index in [0.29, 0.717) is 18.0 Å². The Hall–Kier alpha value is -1.00. The molecule has 2 N–H and O–H groups in total. The molecule has 4 heteroatoms. The van der Waals surface area contributed by atoms with Crippen molar-refractivity contribution in [1.82, 2.24) is 4.90 Å². The quantitative estimate of drug-likeness (QED) is 0.859. The van der Waals surface area contributed by atoms with Gasteiger partial charge in [-0.15, -0.1) is 0 Å². The number of halogens is 2. The van der Waals surface area contributed by atoms with Crippen molar-refractivity contribution >= 4 is 0 Å². The first-order valence-electron chi connectivity index (χ1n) is 6.93. The Balaban J connectivity index is 2.26.